The normalized spacial score (nSPS) is 21.0. The molecule has 0 aliphatic heterocycles. The lowest BCUT2D eigenvalue weighted by Crippen LogP contribution is -2.28. The van der Waals surface area contributed by atoms with Crippen molar-refractivity contribution >= 4 is 26.8 Å². The Kier molecular flexibility index (Phi) is 7.80. The Bertz CT molecular complexity index is 945. The average Bonchev–Trinajstić information content (AvgIpc) is 3.17. The van der Waals surface area contributed by atoms with Gasteiger partial charge in [-0.15, -0.1) is 0 Å². The Hall–Kier alpha value is -1.87. The van der Waals surface area contributed by atoms with Gasteiger partial charge in [-0.2, -0.15) is 21.6 Å². The highest BCUT2D eigenvalue weighted by Crippen LogP contribution is 2.31. The van der Waals surface area contributed by atoms with Crippen LogP contribution in [-0.2, 0) is 19.1 Å². The highest BCUT2D eigenvalue weighted by Gasteiger charge is 2.47. The predicted octanol–water partition coefficient (Wildman–Crippen LogP) is 5.83. The number of H-pyrrole nitrogens is 1. The summed E-state index contributed by atoms with van der Waals surface area (Å²) in [6.07, 6.45) is 8.40. The average molecular weight is 460 g/mol. The van der Waals surface area contributed by atoms with Gasteiger partial charge in [-0.1, -0.05) is 43.9 Å². The van der Waals surface area contributed by atoms with Gasteiger partial charge in [0.15, 0.2) is 0 Å². The van der Waals surface area contributed by atoms with E-state index in [1.54, 1.807) is 0 Å². The first-order valence-corrected chi connectivity index (χ1v) is 12.1. The molecule has 9 heteroatoms. The molecule has 1 aromatic heterocycles. The predicted molar refractivity (Wildman–Crippen MR) is 112 cm³/mol. The molecule has 31 heavy (non-hydrogen) atoms. The fourth-order valence-corrected chi connectivity index (χ4v) is 4.71. The van der Waals surface area contributed by atoms with Crippen molar-refractivity contribution in [3.63, 3.8) is 0 Å². The number of alkyl halides is 3. The number of carbonyl (C=O) groups is 1. The maximum absolute atomic E-state index is 11.9. The highest BCUT2D eigenvalue weighted by atomic mass is 32.2. The maximum Gasteiger partial charge on any atom is 0.523 e. The van der Waals surface area contributed by atoms with Crippen LogP contribution in [0.25, 0.3) is 10.9 Å². The highest BCUT2D eigenvalue weighted by molar-refractivity contribution is 7.87. The van der Waals surface area contributed by atoms with Crippen LogP contribution in [0, 0.1) is 5.92 Å². The Balaban J connectivity index is 0.000000176. The van der Waals surface area contributed by atoms with E-state index in [9.17, 15) is 26.4 Å². The van der Waals surface area contributed by atoms with Crippen molar-refractivity contribution in [2.75, 3.05) is 6.61 Å². The van der Waals surface area contributed by atoms with Crippen molar-refractivity contribution in [3.8, 4) is 0 Å². The molecular formula is C22H28F3NO4S. The maximum atomic E-state index is 11.9. The number of hydrogen-bond donors (Lipinski definition) is 1. The zero-order valence-corrected chi connectivity index (χ0v) is 18.1. The second kappa shape index (κ2) is 10.2. The van der Waals surface area contributed by atoms with Crippen LogP contribution in [0.15, 0.2) is 30.3 Å². The topological polar surface area (TPSA) is 76.2 Å². The van der Waals surface area contributed by atoms with Crippen LogP contribution in [0.3, 0.4) is 0 Å². The molecule has 0 amide bonds. The summed E-state index contributed by atoms with van der Waals surface area (Å²) in [6, 6.07) is 10.3. The number of aromatic nitrogens is 1. The van der Waals surface area contributed by atoms with Crippen LogP contribution < -0.4 is 0 Å². The van der Waals surface area contributed by atoms with Gasteiger partial charge in [-0.3, -0.25) is 8.98 Å². The van der Waals surface area contributed by atoms with Gasteiger partial charge in [0.05, 0.1) is 12.5 Å². The molecule has 4 rings (SSSR count). The van der Waals surface area contributed by atoms with Crippen LogP contribution in [0.1, 0.15) is 69.4 Å². The molecule has 2 saturated carbocycles. The van der Waals surface area contributed by atoms with E-state index in [0.29, 0.717) is 5.78 Å². The summed E-state index contributed by atoms with van der Waals surface area (Å²) >= 11 is 0. The molecule has 1 N–H and O–H groups in total. The molecule has 2 aliphatic carbocycles. The minimum Gasteiger partial charge on any atom is -0.358 e. The van der Waals surface area contributed by atoms with Gasteiger partial charge in [-0.25, -0.2) is 0 Å². The minimum absolute atomic E-state index is 0.0594. The minimum atomic E-state index is -5.40. The molecule has 0 radical (unpaired) electrons. The number of benzene rings is 1. The van der Waals surface area contributed by atoms with E-state index < -0.39 is 15.6 Å². The van der Waals surface area contributed by atoms with Crippen LogP contribution >= 0.6 is 0 Å². The number of carbonyl (C=O) groups excluding carboxylic acids is 1. The van der Waals surface area contributed by atoms with Gasteiger partial charge in [0.25, 0.3) is 0 Å². The smallest absolute Gasteiger partial charge is 0.358 e. The lowest BCUT2D eigenvalue weighted by atomic mass is 9.86. The fraction of sp³-hybridized carbons (Fsp3) is 0.591. The molecule has 0 bridgehead atoms. The first-order chi connectivity index (χ1) is 14.7. The molecule has 0 saturated heterocycles. The molecule has 2 fully saturated rings. The van der Waals surface area contributed by atoms with Crippen molar-refractivity contribution in [3.05, 3.63) is 36.0 Å². The van der Waals surface area contributed by atoms with E-state index in [2.05, 4.69) is 27.4 Å². The third kappa shape index (κ3) is 6.32. The number of para-hydroxylation sites is 1. The molecule has 2 aliphatic rings. The van der Waals surface area contributed by atoms with Gasteiger partial charge in [0.1, 0.15) is 5.78 Å². The molecule has 0 spiro atoms. The van der Waals surface area contributed by atoms with Gasteiger partial charge < -0.3 is 4.98 Å². The van der Waals surface area contributed by atoms with Gasteiger partial charge in [-0.05, 0) is 49.1 Å². The fourth-order valence-electron chi connectivity index (χ4n) is 4.20. The van der Waals surface area contributed by atoms with Gasteiger partial charge in [0, 0.05) is 17.6 Å². The van der Waals surface area contributed by atoms with Crippen LogP contribution in [0.4, 0.5) is 13.2 Å². The second-order valence-corrected chi connectivity index (χ2v) is 9.87. The number of rotatable bonds is 4. The molecule has 1 aromatic carbocycles. The van der Waals surface area contributed by atoms with E-state index in [1.165, 1.54) is 11.8 Å². The number of Topliss-reactive ketones (excluding diaryl/α,β-unsaturated/α-hetero) is 1. The van der Waals surface area contributed by atoms with Crippen molar-refractivity contribution in [1.82, 2.24) is 4.98 Å². The molecule has 172 valence electrons. The Morgan fingerprint density at radius 2 is 1.68 bits per heavy atom. The SMILES string of the molecule is O=C1CCCCC1c1cc2ccccc2[nH]1.O=S(=O)(OCC1CCCCC1)C(F)(F)F. The van der Waals surface area contributed by atoms with Gasteiger partial charge >= 0.3 is 15.6 Å². The van der Waals surface area contributed by atoms with Gasteiger partial charge in [0.2, 0.25) is 0 Å². The summed E-state index contributed by atoms with van der Waals surface area (Å²) in [5.74, 6) is 0.454. The van der Waals surface area contributed by atoms with E-state index in [-0.39, 0.29) is 18.4 Å². The first-order valence-electron chi connectivity index (χ1n) is 10.7. The second-order valence-electron chi connectivity index (χ2n) is 8.27. The van der Waals surface area contributed by atoms with E-state index in [1.807, 2.05) is 12.1 Å². The Morgan fingerprint density at radius 1 is 1.00 bits per heavy atom. The molecule has 1 atom stereocenters. The van der Waals surface area contributed by atoms with Crippen LogP contribution in [0.2, 0.25) is 0 Å². The first kappa shape index (κ1) is 23.8. The summed E-state index contributed by atoms with van der Waals surface area (Å²) < 4.78 is 60.7. The number of ketones is 1. The summed E-state index contributed by atoms with van der Waals surface area (Å²) in [7, 11) is -5.40. The summed E-state index contributed by atoms with van der Waals surface area (Å²) in [5.41, 5.74) is -3.07. The quantitative estimate of drug-likeness (QED) is 0.461. The Morgan fingerprint density at radius 3 is 2.32 bits per heavy atom. The zero-order valence-electron chi connectivity index (χ0n) is 17.3. The number of nitrogens with one attached hydrogen (secondary N) is 1. The van der Waals surface area contributed by atoms with Crippen molar-refractivity contribution < 1.29 is 30.6 Å². The summed E-state index contributed by atoms with van der Waals surface area (Å²) in [5, 5.41) is 1.20. The molecule has 1 heterocycles. The van der Waals surface area contributed by atoms with E-state index in [0.717, 1.165) is 62.6 Å². The van der Waals surface area contributed by atoms with Crippen LogP contribution in [0.5, 0.6) is 0 Å². The molecular weight excluding hydrogens is 431 g/mol. The monoisotopic (exact) mass is 459 g/mol. The summed E-state index contributed by atoms with van der Waals surface area (Å²) in [6.45, 7) is -0.345. The Labute approximate surface area is 180 Å². The number of halogens is 3. The largest absolute Gasteiger partial charge is 0.523 e. The van der Waals surface area contributed by atoms with E-state index in [4.69, 9.17) is 0 Å². The van der Waals surface area contributed by atoms with Crippen LogP contribution in [-0.4, -0.2) is 31.3 Å². The molecule has 5 nitrogen and oxygen atoms in total. The number of aromatic amines is 1. The molecule has 2 aromatic rings. The lowest BCUT2D eigenvalue weighted by Gasteiger charge is -2.21. The number of fused-ring (bicyclic) bond motifs is 1. The van der Waals surface area contributed by atoms with Crippen molar-refractivity contribution in [1.29, 1.82) is 0 Å². The standard InChI is InChI=1S/C14H15NO.C8H13F3O3S/c16-14-8-4-2-6-11(14)13-9-10-5-1-3-7-12(10)15-13;9-8(10,11)15(12,13)14-6-7-4-2-1-3-5-7/h1,3,5,7,9,11,15H,2,4,6,8H2;7H,1-6H2. The van der Waals surface area contributed by atoms with Crippen molar-refractivity contribution in [2.45, 2.75) is 69.2 Å². The van der Waals surface area contributed by atoms with Crippen molar-refractivity contribution in [2.24, 2.45) is 5.92 Å². The third-order valence-electron chi connectivity index (χ3n) is 5.95. The molecule has 1 unspecified atom stereocenters. The van der Waals surface area contributed by atoms with E-state index >= 15 is 0 Å². The third-order valence-corrected chi connectivity index (χ3v) is 6.96. The summed E-state index contributed by atoms with van der Waals surface area (Å²) in [4.78, 5) is 15.2. The number of hydrogen-bond acceptors (Lipinski definition) is 4. The zero-order chi connectivity index (χ0) is 22.5. The lowest BCUT2D eigenvalue weighted by molar-refractivity contribution is -0.121.